The molecule has 100 valence electrons. The molecule has 0 aliphatic rings. The van der Waals surface area contributed by atoms with Crippen molar-refractivity contribution >= 4 is 5.91 Å². The first-order valence-electron chi connectivity index (χ1n) is 6.71. The van der Waals surface area contributed by atoms with E-state index in [0.29, 0.717) is 6.42 Å². The molecule has 0 aromatic heterocycles. The molecule has 0 radical (unpaired) electrons. The SMILES string of the molecule is CCC(C)(C)NC(=O)CCc1ccc(C)cc1C. The van der Waals surface area contributed by atoms with Crippen LogP contribution in [-0.4, -0.2) is 11.4 Å². The molecular weight excluding hydrogens is 222 g/mol. The van der Waals surface area contributed by atoms with Crippen molar-refractivity contribution in [3.63, 3.8) is 0 Å². The maximum atomic E-state index is 11.9. The molecule has 2 heteroatoms. The van der Waals surface area contributed by atoms with Crippen molar-refractivity contribution in [2.45, 2.75) is 59.4 Å². The Morgan fingerprint density at radius 2 is 1.94 bits per heavy atom. The van der Waals surface area contributed by atoms with Gasteiger partial charge in [-0.2, -0.15) is 0 Å². The van der Waals surface area contributed by atoms with E-state index in [1.807, 2.05) is 0 Å². The monoisotopic (exact) mass is 247 g/mol. The molecule has 1 aromatic rings. The summed E-state index contributed by atoms with van der Waals surface area (Å²) in [6.45, 7) is 10.4. The lowest BCUT2D eigenvalue weighted by molar-refractivity contribution is -0.122. The Hall–Kier alpha value is -1.31. The molecule has 0 aliphatic heterocycles. The van der Waals surface area contributed by atoms with Gasteiger partial charge in [0.25, 0.3) is 0 Å². The Morgan fingerprint density at radius 1 is 1.28 bits per heavy atom. The number of hydrogen-bond donors (Lipinski definition) is 1. The minimum atomic E-state index is -0.0978. The molecule has 18 heavy (non-hydrogen) atoms. The molecule has 0 saturated carbocycles. The van der Waals surface area contributed by atoms with E-state index < -0.39 is 0 Å². The molecule has 0 atom stereocenters. The van der Waals surface area contributed by atoms with Crippen molar-refractivity contribution in [3.05, 3.63) is 34.9 Å². The third kappa shape index (κ3) is 4.52. The van der Waals surface area contributed by atoms with E-state index in [-0.39, 0.29) is 11.4 Å². The molecule has 1 rings (SSSR count). The maximum Gasteiger partial charge on any atom is 0.220 e. The second kappa shape index (κ2) is 6.03. The summed E-state index contributed by atoms with van der Waals surface area (Å²) >= 11 is 0. The van der Waals surface area contributed by atoms with E-state index in [1.54, 1.807) is 0 Å². The molecule has 0 saturated heterocycles. The molecule has 0 unspecified atom stereocenters. The zero-order valence-electron chi connectivity index (χ0n) is 12.3. The fourth-order valence-corrected chi connectivity index (χ4v) is 1.90. The van der Waals surface area contributed by atoms with Gasteiger partial charge in [0.15, 0.2) is 0 Å². The molecule has 0 aliphatic carbocycles. The highest BCUT2D eigenvalue weighted by Crippen LogP contribution is 2.13. The van der Waals surface area contributed by atoms with Crippen molar-refractivity contribution in [2.24, 2.45) is 0 Å². The van der Waals surface area contributed by atoms with Gasteiger partial charge in [-0.15, -0.1) is 0 Å². The van der Waals surface area contributed by atoms with E-state index in [2.05, 4.69) is 58.1 Å². The number of hydrogen-bond acceptors (Lipinski definition) is 1. The molecule has 0 heterocycles. The predicted molar refractivity (Wildman–Crippen MR) is 76.7 cm³/mol. The summed E-state index contributed by atoms with van der Waals surface area (Å²) < 4.78 is 0. The molecule has 1 amide bonds. The fourth-order valence-electron chi connectivity index (χ4n) is 1.90. The zero-order chi connectivity index (χ0) is 13.8. The van der Waals surface area contributed by atoms with Crippen LogP contribution in [0.25, 0.3) is 0 Å². The average molecular weight is 247 g/mol. The van der Waals surface area contributed by atoms with Gasteiger partial charge in [0, 0.05) is 12.0 Å². The summed E-state index contributed by atoms with van der Waals surface area (Å²) in [4.78, 5) is 11.9. The second-order valence-corrected chi connectivity index (χ2v) is 5.72. The van der Waals surface area contributed by atoms with Crippen LogP contribution in [0.3, 0.4) is 0 Å². The molecule has 1 N–H and O–H groups in total. The van der Waals surface area contributed by atoms with Crippen molar-refractivity contribution in [1.29, 1.82) is 0 Å². The Bertz CT molecular complexity index is 421. The highest BCUT2D eigenvalue weighted by atomic mass is 16.1. The number of carbonyl (C=O) groups is 1. The number of nitrogens with one attached hydrogen (secondary N) is 1. The van der Waals surface area contributed by atoms with Crippen LogP contribution in [0.15, 0.2) is 18.2 Å². The number of amides is 1. The minimum absolute atomic E-state index is 0.0978. The van der Waals surface area contributed by atoms with Crippen LogP contribution in [0.1, 0.15) is 50.3 Å². The van der Waals surface area contributed by atoms with Gasteiger partial charge in [-0.3, -0.25) is 4.79 Å². The van der Waals surface area contributed by atoms with Crippen LogP contribution < -0.4 is 5.32 Å². The van der Waals surface area contributed by atoms with Gasteiger partial charge >= 0.3 is 0 Å². The smallest absolute Gasteiger partial charge is 0.220 e. The predicted octanol–water partition coefficient (Wildman–Crippen LogP) is 3.54. The van der Waals surface area contributed by atoms with Crippen LogP contribution in [0.2, 0.25) is 0 Å². The minimum Gasteiger partial charge on any atom is -0.351 e. The third-order valence-electron chi connectivity index (χ3n) is 3.48. The molecule has 2 nitrogen and oxygen atoms in total. The van der Waals surface area contributed by atoms with Crippen LogP contribution in [0, 0.1) is 13.8 Å². The van der Waals surface area contributed by atoms with Gasteiger partial charge in [0.1, 0.15) is 0 Å². The van der Waals surface area contributed by atoms with E-state index in [0.717, 1.165) is 12.8 Å². The summed E-state index contributed by atoms with van der Waals surface area (Å²) in [6.07, 6.45) is 2.33. The molecular formula is C16H25NO. The topological polar surface area (TPSA) is 29.1 Å². The Balaban J connectivity index is 2.53. The molecule has 0 bridgehead atoms. The lowest BCUT2D eigenvalue weighted by atomic mass is 9.99. The lowest BCUT2D eigenvalue weighted by Crippen LogP contribution is -2.42. The second-order valence-electron chi connectivity index (χ2n) is 5.72. The van der Waals surface area contributed by atoms with E-state index >= 15 is 0 Å². The fraction of sp³-hybridized carbons (Fsp3) is 0.562. The summed E-state index contributed by atoms with van der Waals surface area (Å²) in [6, 6.07) is 6.41. The van der Waals surface area contributed by atoms with Gasteiger partial charge in [-0.05, 0) is 51.7 Å². The first-order chi connectivity index (χ1) is 8.34. The van der Waals surface area contributed by atoms with Gasteiger partial charge in [0.05, 0.1) is 0 Å². The third-order valence-corrected chi connectivity index (χ3v) is 3.48. The van der Waals surface area contributed by atoms with Crippen molar-refractivity contribution in [3.8, 4) is 0 Å². The van der Waals surface area contributed by atoms with E-state index in [4.69, 9.17) is 0 Å². The van der Waals surface area contributed by atoms with Crippen molar-refractivity contribution < 1.29 is 4.79 Å². The first kappa shape index (κ1) is 14.7. The molecule has 0 spiro atoms. The molecule has 0 fully saturated rings. The molecule has 1 aromatic carbocycles. The van der Waals surface area contributed by atoms with Crippen LogP contribution in [-0.2, 0) is 11.2 Å². The van der Waals surface area contributed by atoms with E-state index in [9.17, 15) is 4.79 Å². The van der Waals surface area contributed by atoms with Gasteiger partial charge < -0.3 is 5.32 Å². The van der Waals surface area contributed by atoms with Crippen LogP contribution >= 0.6 is 0 Å². The number of rotatable bonds is 5. The highest BCUT2D eigenvalue weighted by molar-refractivity contribution is 5.77. The van der Waals surface area contributed by atoms with E-state index in [1.165, 1.54) is 16.7 Å². The number of carbonyl (C=O) groups excluding carboxylic acids is 1. The van der Waals surface area contributed by atoms with Crippen molar-refractivity contribution in [2.75, 3.05) is 0 Å². The summed E-state index contributed by atoms with van der Waals surface area (Å²) in [7, 11) is 0. The van der Waals surface area contributed by atoms with Crippen LogP contribution in [0.5, 0.6) is 0 Å². The largest absolute Gasteiger partial charge is 0.351 e. The summed E-state index contributed by atoms with van der Waals surface area (Å²) in [5.41, 5.74) is 3.72. The average Bonchev–Trinajstić information content (AvgIpc) is 2.27. The lowest BCUT2D eigenvalue weighted by Gasteiger charge is -2.24. The number of aryl methyl sites for hydroxylation is 3. The standard InChI is InChI=1S/C16H25NO/c1-6-16(4,5)17-15(18)10-9-14-8-7-12(2)11-13(14)3/h7-8,11H,6,9-10H2,1-5H3,(H,17,18). The van der Waals surface area contributed by atoms with Crippen molar-refractivity contribution in [1.82, 2.24) is 5.32 Å². The zero-order valence-corrected chi connectivity index (χ0v) is 12.3. The summed E-state index contributed by atoms with van der Waals surface area (Å²) in [5.74, 6) is 0.141. The highest BCUT2D eigenvalue weighted by Gasteiger charge is 2.17. The Kier molecular flexibility index (Phi) is 4.94. The quantitative estimate of drug-likeness (QED) is 0.847. The van der Waals surface area contributed by atoms with Gasteiger partial charge in [0.2, 0.25) is 5.91 Å². The van der Waals surface area contributed by atoms with Gasteiger partial charge in [-0.1, -0.05) is 30.7 Å². The Labute approximate surface area is 111 Å². The maximum absolute atomic E-state index is 11.9. The van der Waals surface area contributed by atoms with Gasteiger partial charge in [-0.25, -0.2) is 0 Å². The number of benzene rings is 1. The summed E-state index contributed by atoms with van der Waals surface area (Å²) in [5, 5.41) is 3.07. The normalized spacial score (nSPS) is 11.4. The Morgan fingerprint density at radius 3 is 2.50 bits per heavy atom. The van der Waals surface area contributed by atoms with Crippen LogP contribution in [0.4, 0.5) is 0 Å². The first-order valence-corrected chi connectivity index (χ1v) is 6.71.